The first-order valence-corrected chi connectivity index (χ1v) is 13.9. The van der Waals surface area contributed by atoms with Crippen LogP contribution in [0.25, 0.3) is 21.5 Å². The highest BCUT2D eigenvalue weighted by Crippen LogP contribution is 2.34. The molecule has 3 aromatic rings. The third-order valence-corrected chi connectivity index (χ3v) is 8.38. The molecule has 0 radical (unpaired) electrons. The Kier molecular flexibility index (Phi) is 6.36. The molecule has 0 aliphatic carbocycles. The minimum absolute atomic E-state index is 0.108. The van der Waals surface area contributed by atoms with Crippen LogP contribution in [-0.2, 0) is 14.8 Å². The van der Waals surface area contributed by atoms with E-state index in [0.717, 1.165) is 33.8 Å². The molecule has 1 aromatic carbocycles. The van der Waals surface area contributed by atoms with Gasteiger partial charge in [-0.1, -0.05) is 0 Å². The van der Waals surface area contributed by atoms with Crippen molar-refractivity contribution in [2.75, 3.05) is 50.5 Å². The van der Waals surface area contributed by atoms with Crippen LogP contribution >= 0.6 is 11.3 Å². The predicted octanol–water partition coefficient (Wildman–Crippen LogP) is 1.74. The molecular formula is C22H26N6O4S2. The fourth-order valence-electron chi connectivity index (χ4n) is 4.29. The fourth-order valence-corrected chi connectivity index (χ4v) is 5.86. The van der Waals surface area contributed by atoms with Gasteiger partial charge in [-0.15, -0.1) is 21.5 Å². The summed E-state index contributed by atoms with van der Waals surface area (Å²) in [5.41, 5.74) is 4.22. The van der Waals surface area contributed by atoms with Crippen LogP contribution in [0.5, 0.6) is 5.75 Å². The average molecular weight is 503 g/mol. The molecule has 12 heteroatoms. The van der Waals surface area contributed by atoms with E-state index in [0.29, 0.717) is 57.4 Å². The van der Waals surface area contributed by atoms with Crippen LogP contribution in [0.4, 0.5) is 5.82 Å². The number of anilines is 1. The average Bonchev–Trinajstić information content (AvgIpc) is 3.47. The number of piperazine rings is 1. The number of carbonyl (C=O) groups excluding carboxylic acids is 1. The number of sulfonamides is 1. The van der Waals surface area contributed by atoms with E-state index in [2.05, 4.69) is 20.5 Å². The molecule has 0 unspecified atom stereocenters. The summed E-state index contributed by atoms with van der Waals surface area (Å²) in [5, 5.41) is 11.7. The smallest absolute Gasteiger partial charge is 0.220 e. The number of carbonyl (C=O) groups is 1. The Morgan fingerprint density at radius 2 is 2.00 bits per heavy atom. The molecular weight excluding hydrogens is 476 g/mol. The molecule has 34 heavy (non-hydrogen) atoms. The summed E-state index contributed by atoms with van der Waals surface area (Å²) >= 11 is 1.53. The van der Waals surface area contributed by atoms with Crippen molar-refractivity contribution >= 4 is 43.3 Å². The van der Waals surface area contributed by atoms with Crippen LogP contribution in [-0.4, -0.2) is 79.4 Å². The highest BCUT2D eigenvalue weighted by Gasteiger charge is 2.24. The summed E-state index contributed by atoms with van der Waals surface area (Å²) in [6, 6.07) is 7.77. The summed E-state index contributed by atoms with van der Waals surface area (Å²) in [6.07, 6.45) is 2.61. The van der Waals surface area contributed by atoms with E-state index in [4.69, 9.17) is 4.74 Å². The third kappa shape index (κ3) is 4.98. The monoisotopic (exact) mass is 502 g/mol. The minimum Gasteiger partial charge on any atom is -0.492 e. The van der Waals surface area contributed by atoms with Crippen molar-refractivity contribution in [2.45, 2.75) is 12.8 Å². The SMILES string of the molecule is CS(=O)(=O)N1CCN(c2ccc(-c3cc(OCC[C@H]4CNC(=O)C4)c4scnc4c3)nn2)CC1. The highest BCUT2D eigenvalue weighted by atomic mass is 32.2. The molecule has 1 atom stereocenters. The number of benzene rings is 1. The second kappa shape index (κ2) is 9.43. The Morgan fingerprint density at radius 1 is 1.18 bits per heavy atom. The van der Waals surface area contributed by atoms with Gasteiger partial charge in [0.15, 0.2) is 5.82 Å². The van der Waals surface area contributed by atoms with Gasteiger partial charge in [0.1, 0.15) is 5.75 Å². The minimum atomic E-state index is -3.17. The Labute approximate surface area is 202 Å². The third-order valence-electron chi connectivity index (χ3n) is 6.22. The van der Waals surface area contributed by atoms with Crippen LogP contribution in [0, 0.1) is 5.92 Å². The summed E-state index contributed by atoms with van der Waals surface area (Å²) in [4.78, 5) is 17.9. The Morgan fingerprint density at radius 3 is 2.68 bits per heavy atom. The van der Waals surface area contributed by atoms with Gasteiger partial charge in [0.2, 0.25) is 15.9 Å². The number of aromatic nitrogens is 3. The summed E-state index contributed by atoms with van der Waals surface area (Å²) in [5.74, 6) is 1.90. The molecule has 180 valence electrons. The van der Waals surface area contributed by atoms with E-state index in [1.807, 2.05) is 29.2 Å². The van der Waals surface area contributed by atoms with Crippen LogP contribution in [0.1, 0.15) is 12.8 Å². The maximum Gasteiger partial charge on any atom is 0.220 e. The number of hydrogen-bond acceptors (Lipinski definition) is 9. The number of fused-ring (bicyclic) bond motifs is 1. The molecule has 2 aliphatic rings. The number of hydrogen-bond donors (Lipinski definition) is 1. The van der Waals surface area contributed by atoms with Crippen molar-refractivity contribution in [2.24, 2.45) is 5.92 Å². The van der Waals surface area contributed by atoms with Gasteiger partial charge in [-0.3, -0.25) is 4.79 Å². The molecule has 2 aliphatic heterocycles. The topological polar surface area (TPSA) is 118 Å². The quantitative estimate of drug-likeness (QED) is 0.519. The molecule has 0 saturated carbocycles. The lowest BCUT2D eigenvalue weighted by Crippen LogP contribution is -2.48. The normalized spacial score (nSPS) is 19.5. The molecule has 1 N–H and O–H groups in total. The van der Waals surface area contributed by atoms with Gasteiger partial charge in [-0.05, 0) is 36.6 Å². The second-order valence-corrected chi connectivity index (χ2v) is 11.4. The van der Waals surface area contributed by atoms with Crippen LogP contribution in [0.15, 0.2) is 29.8 Å². The van der Waals surface area contributed by atoms with E-state index in [1.165, 1.54) is 21.9 Å². The summed E-state index contributed by atoms with van der Waals surface area (Å²) < 4.78 is 32.0. The van der Waals surface area contributed by atoms with E-state index in [9.17, 15) is 13.2 Å². The zero-order valence-corrected chi connectivity index (χ0v) is 20.4. The maximum absolute atomic E-state index is 11.7. The lowest BCUT2D eigenvalue weighted by molar-refractivity contribution is -0.119. The van der Waals surface area contributed by atoms with Crippen molar-refractivity contribution in [3.8, 4) is 17.0 Å². The Bertz CT molecular complexity index is 1290. The summed E-state index contributed by atoms with van der Waals surface area (Å²) in [7, 11) is -3.17. The first-order chi connectivity index (χ1) is 16.4. The van der Waals surface area contributed by atoms with Crippen molar-refractivity contribution in [1.29, 1.82) is 0 Å². The Balaban J connectivity index is 1.29. The van der Waals surface area contributed by atoms with Crippen LogP contribution in [0.2, 0.25) is 0 Å². The van der Waals surface area contributed by atoms with Gasteiger partial charge in [0.05, 0.1) is 34.3 Å². The zero-order valence-electron chi connectivity index (χ0n) is 18.8. The standard InChI is InChI=1S/C22H26N6O4S2/c1-34(30,31)28-7-5-27(6-8-28)20-3-2-17(25-26-20)16-11-18-22(33-14-24-18)19(12-16)32-9-4-15-10-21(29)23-13-15/h2-3,11-12,14-15H,4-10,13H2,1H3,(H,23,29)/t15-/m1/s1. The van der Waals surface area contributed by atoms with Gasteiger partial charge in [0, 0.05) is 44.7 Å². The van der Waals surface area contributed by atoms with Crippen molar-refractivity contribution < 1.29 is 17.9 Å². The largest absolute Gasteiger partial charge is 0.492 e. The van der Waals surface area contributed by atoms with Crippen LogP contribution < -0.4 is 15.0 Å². The fraction of sp³-hybridized carbons (Fsp3) is 0.455. The number of nitrogens with one attached hydrogen (secondary N) is 1. The van der Waals surface area contributed by atoms with Crippen molar-refractivity contribution in [1.82, 2.24) is 24.8 Å². The van der Waals surface area contributed by atoms with Crippen molar-refractivity contribution in [3.63, 3.8) is 0 Å². The van der Waals surface area contributed by atoms with E-state index in [-0.39, 0.29) is 5.91 Å². The van der Waals surface area contributed by atoms with E-state index < -0.39 is 10.0 Å². The van der Waals surface area contributed by atoms with Gasteiger partial charge in [-0.25, -0.2) is 13.4 Å². The predicted molar refractivity (Wildman–Crippen MR) is 131 cm³/mol. The zero-order chi connectivity index (χ0) is 23.7. The maximum atomic E-state index is 11.7. The molecule has 1 amide bonds. The number of thiazole rings is 1. The molecule has 2 aromatic heterocycles. The first kappa shape index (κ1) is 22.9. The lowest BCUT2D eigenvalue weighted by atomic mass is 10.1. The highest BCUT2D eigenvalue weighted by molar-refractivity contribution is 7.88. The van der Waals surface area contributed by atoms with Gasteiger partial charge in [0.25, 0.3) is 0 Å². The van der Waals surface area contributed by atoms with E-state index in [1.54, 1.807) is 5.51 Å². The number of amides is 1. The molecule has 2 saturated heterocycles. The van der Waals surface area contributed by atoms with Crippen molar-refractivity contribution in [3.05, 3.63) is 29.8 Å². The second-order valence-electron chi connectivity index (χ2n) is 8.61. The molecule has 10 nitrogen and oxygen atoms in total. The molecule has 0 bridgehead atoms. The lowest BCUT2D eigenvalue weighted by Gasteiger charge is -2.33. The molecule has 4 heterocycles. The van der Waals surface area contributed by atoms with Gasteiger partial charge in [-0.2, -0.15) is 4.31 Å². The van der Waals surface area contributed by atoms with Gasteiger partial charge < -0.3 is 15.0 Å². The van der Waals surface area contributed by atoms with E-state index >= 15 is 0 Å². The number of nitrogens with zero attached hydrogens (tertiary/aromatic N) is 5. The Hall–Kier alpha value is -2.83. The molecule has 0 spiro atoms. The van der Waals surface area contributed by atoms with Crippen LogP contribution in [0.3, 0.4) is 0 Å². The molecule has 5 rings (SSSR count). The van der Waals surface area contributed by atoms with Gasteiger partial charge >= 0.3 is 0 Å². The molecule has 2 fully saturated rings. The number of rotatable bonds is 7. The first-order valence-electron chi connectivity index (χ1n) is 11.2. The summed E-state index contributed by atoms with van der Waals surface area (Å²) in [6.45, 7) is 3.27. The number of ether oxygens (including phenoxy) is 1.